The maximum Gasteiger partial charge on any atom is 0.00498 e. The minimum Gasteiger partial charge on any atom is -0.0654 e. The smallest absolute Gasteiger partial charge is 0.00498 e. The van der Waals surface area contributed by atoms with E-state index in [9.17, 15) is 0 Å². The molecule has 0 amide bonds. The molecule has 0 nitrogen and oxygen atoms in total. The summed E-state index contributed by atoms with van der Waals surface area (Å²) in [5, 5.41) is 0. The number of unbranched alkanes of at least 4 members (excludes halogenated alkanes) is 2. The second-order valence-electron chi connectivity index (χ2n) is 4.18. The fraction of sp³-hybridized carbons (Fsp3) is 0.533. The highest BCUT2D eigenvalue weighted by atomic mass is 14.1. The van der Waals surface area contributed by atoms with Crippen LogP contribution in [0.15, 0.2) is 30.3 Å². The van der Waals surface area contributed by atoms with Crippen LogP contribution in [0.4, 0.5) is 0 Å². The van der Waals surface area contributed by atoms with Gasteiger partial charge in [0.15, 0.2) is 0 Å². The lowest BCUT2D eigenvalue weighted by molar-refractivity contribution is 0.654. The first kappa shape index (κ1) is 12.3. The van der Waals surface area contributed by atoms with Gasteiger partial charge in [0.25, 0.3) is 0 Å². The first-order valence-corrected chi connectivity index (χ1v) is 6.28. The molecule has 0 atom stereocenters. The van der Waals surface area contributed by atoms with Crippen molar-refractivity contribution in [3.8, 4) is 0 Å². The number of hydrogen-bond donors (Lipinski definition) is 0. The van der Waals surface area contributed by atoms with Crippen LogP contribution in [-0.4, -0.2) is 0 Å². The summed E-state index contributed by atoms with van der Waals surface area (Å²) in [4.78, 5) is 0. The Labute approximate surface area is 94.7 Å². The van der Waals surface area contributed by atoms with Crippen molar-refractivity contribution in [2.24, 2.45) is 0 Å². The zero-order chi connectivity index (χ0) is 10.9. The molecule has 0 aliphatic heterocycles. The molecule has 15 heavy (non-hydrogen) atoms. The fourth-order valence-electron chi connectivity index (χ4n) is 1.87. The molecular weight excluding hydrogens is 180 g/mol. The Balaban J connectivity index is 2.55. The number of rotatable bonds is 7. The fourth-order valence-corrected chi connectivity index (χ4v) is 1.87. The quantitative estimate of drug-likeness (QED) is 0.585. The second-order valence-corrected chi connectivity index (χ2v) is 4.18. The van der Waals surface area contributed by atoms with E-state index in [1.165, 1.54) is 44.1 Å². The van der Waals surface area contributed by atoms with Crippen LogP contribution < -0.4 is 0 Å². The van der Waals surface area contributed by atoms with Crippen molar-refractivity contribution < 1.29 is 0 Å². The van der Waals surface area contributed by atoms with Gasteiger partial charge >= 0.3 is 0 Å². The van der Waals surface area contributed by atoms with E-state index in [1.54, 1.807) is 5.92 Å². The van der Waals surface area contributed by atoms with Crippen molar-refractivity contribution in [3.05, 3.63) is 41.8 Å². The van der Waals surface area contributed by atoms with E-state index < -0.39 is 0 Å². The molecule has 0 saturated carbocycles. The summed E-state index contributed by atoms with van der Waals surface area (Å²) in [6, 6.07) is 10.9. The first-order chi connectivity index (χ1) is 7.38. The van der Waals surface area contributed by atoms with E-state index in [2.05, 4.69) is 44.2 Å². The second kappa shape index (κ2) is 7.50. The van der Waals surface area contributed by atoms with Crippen molar-refractivity contribution in [1.82, 2.24) is 0 Å². The van der Waals surface area contributed by atoms with Crippen molar-refractivity contribution in [3.63, 3.8) is 0 Å². The average Bonchev–Trinajstić information content (AvgIpc) is 2.30. The topological polar surface area (TPSA) is 0 Å². The van der Waals surface area contributed by atoms with E-state index >= 15 is 0 Å². The highest BCUT2D eigenvalue weighted by molar-refractivity contribution is 5.30. The molecule has 1 radical (unpaired) electrons. The lowest BCUT2D eigenvalue weighted by atomic mass is 9.89. The molecule has 1 rings (SSSR count). The molecule has 0 spiro atoms. The van der Waals surface area contributed by atoms with Gasteiger partial charge in [-0.1, -0.05) is 69.9 Å². The Kier molecular flexibility index (Phi) is 6.15. The average molecular weight is 203 g/mol. The first-order valence-electron chi connectivity index (χ1n) is 6.28. The Morgan fingerprint density at radius 3 is 1.87 bits per heavy atom. The van der Waals surface area contributed by atoms with Crippen LogP contribution in [0.5, 0.6) is 0 Å². The molecule has 1 aromatic carbocycles. The third kappa shape index (κ3) is 4.51. The van der Waals surface area contributed by atoms with Gasteiger partial charge in [0, 0.05) is 5.92 Å². The van der Waals surface area contributed by atoms with E-state index in [0.717, 1.165) is 0 Å². The van der Waals surface area contributed by atoms with Gasteiger partial charge in [0.1, 0.15) is 0 Å². The minimum atomic E-state index is 1.28. The van der Waals surface area contributed by atoms with E-state index in [4.69, 9.17) is 0 Å². The highest BCUT2D eigenvalue weighted by Crippen LogP contribution is 2.26. The van der Waals surface area contributed by atoms with Crippen LogP contribution in [0.1, 0.15) is 57.9 Å². The highest BCUT2D eigenvalue weighted by Gasteiger charge is 2.10. The predicted octanol–water partition coefficient (Wildman–Crippen LogP) is 4.99. The van der Waals surface area contributed by atoms with Gasteiger partial charge in [-0.3, -0.25) is 0 Å². The van der Waals surface area contributed by atoms with Crippen molar-refractivity contribution in [2.75, 3.05) is 0 Å². The molecule has 0 aromatic heterocycles. The zero-order valence-electron chi connectivity index (χ0n) is 10.1. The third-order valence-electron chi connectivity index (χ3n) is 2.85. The summed E-state index contributed by atoms with van der Waals surface area (Å²) < 4.78 is 0. The monoisotopic (exact) mass is 203 g/mol. The molecule has 0 aliphatic rings. The maximum atomic E-state index is 2.27. The minimum absolute atomic E-state index is 1.28. The molecule has 0 heteroatoms. The number of benzene rings is 1. The standard InChI is InChI=1S/C15H23/c1-3-5-10-14(11-6-4-2)15-12-8-7-9-13-15/h7-9,12-13H,3-6,10-11H2,1-2H3. The normalized spacial score (nSPS) is 10.9. The van der Waals surface area contributed by atoms with E-state index in [1.807, 2.05) is 0 Å². The Morgan fingerprint density at radius 2 is 1.40 bits per heavy atom. The van der Waals surface area contributed by atoms with E-state index in [-0.39, 0.29) is 0 Å². The summed E-state index contributed by atoms with van der Waals surface area (Å²) in [5.74, 6) is 1.65. The van der Waals surface area contributed by atoms with Crippen molar-refractivity contribution in [1.29, 1.82) is 0 Å². The molecule has 0 heterocycles. The SMILES string of the molecule is CCCC[C](CCCC)c1ccccc1. The van der Waals surface area contributed by atoms with Gasteiger partial charge < -0.3 is 0 Å². The molecular formula is C15H23. The predicted molar refractivity (Wildman–Crippen MR) is 67.8 cm³/mol. The van der Waals surface area contributed by atoms with Crippen LogP contribution in [0.25, 0.3) is 0 Å². The lowest BCUT2D eigenvalue weighted by Crippen LogP contribution is -1.99. The van der Waals surface area contributed by atoms with E-state index in [0.29, 0.717) is 0 Å². The molecule has 0 fully saturated rings. The summed E-state index contributed by atoms with van der Waals surface area (Å²) in [7, 11) is 0. The molecule has 83 valence electrons. The van der Waals surface area contributed by atoms with Crippen molar-refractivity contribution >= 4 is 0 Å². The molecule has 0 saturated heterocycles. The van der Waals surface area contributed by atoms with Gasteiger partial charge in [-0.05, 0) is 18.4 Å². The van der Waals surface area contributed by atoms with Gasteiger partial charge in [0.2, 0.25) is 0 Å². The van der Waals surface area contributed by atoms with Gasteiger partial charge in [-0.15, -0.1) is 0 Å². The molecule has 0 aliphatic carbocycles. The van der Waals surface area contributed by atoms with Crippen molar-refractivity contribution in [2.45, 2.75) is 52.4 Å². The zero-order valence-corrected chi connectivity index (χ0v) is 10.1. The van der Waals surface area contributed by atoms with Crippen LogP contribution in [-0.2, 0) is 0 Å². The summed E-state index contributed by atoms with van der Waals surface area (Å²) in [6.45, 7) is 4.53. The Hall–Kier alpha value is -0.780. The van der Waals surface area contributed by atoms with Gasteiger partial charge in [0.05, 0.1) is 0 Å². The Morgan fingerprint density at radius 1 is 0.867 bits per heavy atom. The molecule has 0 unspecified atom stereocenters. The van der Waals surface area contributed by atoms with Crippen LogP contribution in [0.2, 0.25) is 0 Å². The summed E-state index contributed by atoms with van der Waals surface area (Å²) >= 11 is 0. The van der Waals surface area contributed by atoms with Gasteiger partial charge in [-0.25, -0.2) is 0 Å². The maximum absolute atomic E-state index is 2.27. The number of hydrogen-bond acceptors (Lipinski definition) is 0. The molecule has 0 bridgehead atoms. The molecule has 0 N–H and O–H groups in total. The molecule has 1 aromatic rings. The van der Waals surface area contributed by atoms with Crippen LogP contribution >= 0.6 is 0 Å². The van der Waals surface area contributed by atoms with Crippen LogP contribution in [0.3, 0.4) is 0 Å². The lowest BCUT2D eigenvalue weighted by Gasteiger charge is -2.15. The van der Waals surface area contributed by atoms with Crippen LogP contribution in [0, 0.1) is 5.92 Å². The summed E-state index contributed by atoms with van der Waals surface area (Å²) in [5.41, 5.74) is 1.46. The largest absolute Gasteiger partial charge is 0.0654 e. The van der Waals surface area contributed by atoms with Gasteiger partial charge in [-0.2, -0.15) is 0 Å². The Bertz CT molecular complexity index is 229. The summed E-state index contributed by atoms with van der Waals surface area (Å²) in [6.07, 6.45) is 7.80. The third-order valence-corrected chi connectivity index (χ3v) is 2.85.